The van der Waals surface area contributed by atoms with E-state index in [1.165, 1.54) is 6.07 Å². The minimum absolute atomic E-state index is 0.143. The van der Waals surface area contributed by atoms with Gasteiger partial charge < -0.3 is 19.5 Å². The zero-order valence-electron chi connectivity index (χ0n) is 16.1. The number of halogens is 1. The van der Waals surface area contributed by atoms with E-state index in [9.17, 15) is 4.39 Å². The van der Waals surface area contributed by atoms with Crippen LogP contribution in [0, 0.1) is 5.82 Å². The standard InChI is InChI=1S/C21H27FN2O3/c1-25-18-8-6-16(22)14-17(18)21(24-11-4-9-23-10-12-24)15-5-7-19(26-2)20(13-15)27-3/h5-8,13-14,21,23H,4,9-12H2,1-3H3. The first-order valence-electron chi connectivity index (χ1n) is 9.18. The predicted molar refractivity (Wildman–Crippen MR) is 103 cm³/mol. The lowest BCUT2D eigenvalue weighted by molar-refractivity contribution is 0.235. The number of benzene rings is 2. The van der Waals surface area contributed by atoms with Gasteiger partial charge in [0.15, 0.2) is 11.5 Å². The van der Waals surface area contributed by atoms with Gasteiger partial charge in [0.1, 0.15) is 11.6 Å². The molecule has 27 heavy (non-hydrogen) atoms. The summed E-state index contributed by atoms with van der Waals surface area (Å²) in [7, 11) is 4.85. The maximum absolute atomic E-state index is 14.1. The van der Waals surface area contributed by atoms with Gasteiger partial charge in [-0.2, -0.15) is 0 Å². The first-order chi connectivity index (χ1) is 13.2. The normalized spacial score (nSPS) is 16.4. The van der Waals surface area contributed by atoms with E-state index in [4.69, 9.17) is 14.2 Å². The van der Waals surface area contributed by atoms with Crippen molar-refractivity contribution >= 4 is 0 Å². The predicted octanol–water partition coefficient (Wildman–Crippen LogP) is 3.24. The summed E-state index contributed by atoms with van der Waals surface area (Å²) >= 11 is 0. The van der Waals surface area contributed by atoms with Crippen molar-refractivity contribution in [3.63, 3.8) is 0 Å². The number of nitrogens with one attached hydrogen (secondary N) is 1. The van der Waals surface area contributed by atoms with Gasteiger partial charge in [-0.1, -0.05) is 6.07 Å². The summed E-state index contributed by atoms with van der Waals surface area (Å²) in [4.78, 5) is 2.36. The maximum atomic E-state index is 14.1. The van der Waals surface area contributed by atoms with Crippen molar-refractivity contribution in [1.29, 1.82) is 0 Å². The average molecular weight is 374 g/mol. The highest BCUT2D eigenvalue weighted by Gasteiger charge is 2.27. The van der Waals surface area contributed by atoms with Crippen LogP contribution in [-0.2, 0) is 0 Å². The molecule has 1 heterocycles. The third-order valence-electron chi connectivity index (χ3n) is 4.95. The number of ether oxygens (including phenoxy) is 3. The van der Waals surface area contributed by atoms with Crippen LogP contribution < -0.4 is 19.5 Å². The topological polar surface area (TPSA) is 43.0 Å². The fraction of sp³-hybridized carbons (Fsp3) is 0.429. The van der Waals surface area contributed by atoms with Crippen LogP contribution in [0.3, 0.4) is 0 Å². The summed E-state index contributed by atoms with van der Waals surface area (Å²) in [5.41, 5.74) is 1.82. The largest absolute Gasteiger partial charge is 0.496 e. The molecule has 146 valence electrons. The van der Waals surface area contributed by atoms with Crippen molar-refractivity contribution in [2.75, 3.05) is 47.5 Å². The van der Waals surface area contributed by atoms with Crippen LogP contribution in [0.4, 0.5) is 4.39 Å². The number of rotatable bonds is 6. The average Bonchev–Trinajstić information content (AvgIpc) is 2.97. The van der Waals surface area contributed by atoms with Gasteiger partial charge >= 0.3 is 0 Å². The molecule has 1 fully saturated rings. The van der Waals surface area contributed by atoms with Crippen LogP contribution >= 0.6 is 0 Å². The second-order valence-corrected chi connectivity index (χ2v) is 6.54. The van der Waals surface area contributed by atoms with Crippen molar-refractivity contribution in [3.05, 3.63) is 53.3 Å². The van der Waals surface area contributed by atoms with Crippen molar-refractivity contribution in [2.45, 2.75) is 12.5 Å². The highest BCUT2D eigenvalue weighted by atomic mass is 19.1. The summed E-state index contributed by atoms with van der Waals surface area (Å²) in [5.74, 6) is 1.73. The lowest BCUT2D eigenvalue weighted by Gasteiger charge is -2.32. The first-order valence-corrected chi connectivity index (χ1v) is 9.18. The fourth-order valence-electron chi connectivity index (χ4n) is 3.65. The molecule has 5 nitrogen and oxygen atoms in total. The Labute approximate surface area is 160 Å². The number of nitrogens with zero attached hydrogens (tertiary/aromatic N) is 1. The van der Waals surface area contributed by atoms with E-state index in [0.29, 0.717) is 17.2 Å². The van der Waals surface area contributed by atoms with E-state index in [1.54, 1.807) is 33.5 Å². The van der Waals surface area contributed by atoms with Gasteiger partial charge in [0, 0.05) is 25.2 Å². The van der Waals surface area contributed by atoms with Gasteiger partial charge in [-0.05, 0) is 48.9 Å². The second-order valence-electron chi connectivity index (χ2n) is 6.54. The molecule has 0 radical (unpaired) electrons. The van der Waals surface area contributed by atoms with E-state index in [2.05, 4.69) is 10.2 Å². The molecule has 0 aliphatic carbocycles. The highest BCUT2D eigenvalue weighted by Crippen LogP contribution is 2.39. The molecule has 1 atom stereocenters. The molecule has 0 amide bonds. The van der Waals surface area contributed by atoms with Gasteiger partial charge in [0.25, 0.3) is 0 Å². The zero-order valence-corrected chi connectivity index (χ0v) is 16.1. The van der Waals surface area contributed by atoms with Gasteiger partial charge in [-0.25, -0.2) is 4.39 Å². The molecule has 2 aromatic rings. The molecule has 1 saturated heterocycles. The Morgan fingerprint density at radius 1 is 0.889 bits per heavy atom. The molecule has 1 N–H and O–H groups in total. The quantitative estimate of drug-likeness (QED) is 0.841. The van der Waals surface area contributed by atoms with Crippen LogP contribution in [0.1, 0.15) is 23.6 Å². The summed E-state index contributed by atoms with van der Waals surface area (Å²) in [6.07, 6.45) is 1.03. The van der Waals surface area contributed by atoms with Crippen LogP contribution in [0.5, 0.6) is 17.2 Å². The molecule has 1 unspecified atom stereocenters. The Morgan fingerprint density at radius 3 is 2.37 bits per heavy atom. The monoisotopic (exact) mass is 374 g/mol. The lowest BCUT2D eigenvalue weighted by atomic mass is 9.95. The molecule has 6 heteroatoms. The Bertz CT molecular complexity index is 761. The summed E-state index contributed by atoms with van der Waals surface area (Å²) in [5, 5.41) is 3.42. The van der Waals surface area contributed by atoms with Crippen LogP contribution in [0.2, 0.25) is 0 Å². The first kappa shape index (κ1) is 19.5. The van der Waals surface area contributed by atoms with E-state index in [0.717, 1.165) is 43.7 Å². The van der Waals surface area contributed by atoms with E-state index in [1.807, 2.05) is 18.2 Å². The lowest BCUT2D eigenvalue weighted by Crippen LogP contribution is -2.33. The molecule has 1 aliphatic rings. The fourth-order valence-corrected chi connectivity index (χ4v) is 3.65. The summed E-state index contributed by atoms with van der Waals surface area (Å²) in [6, 6.07) is 10.4. The van der Waals surface area contributed by atoms with Crippen molar-refractivity contribution < 1.29 is 18.6 Å². The van der Waals surface area contributed by atoms with E-state index in [-0.39, 0.29) is 11.9 Å². The molecular weight excluding hydrogens is 347 g/mol. The number of hydrogen-bond donors (Lipinski definition) is 1. The van der Waals surface area contributed by atoms with Crippen LogP contribution in [0.25, 0.3) is 0 Å². The Balaban J connectivity index is 2.12. The molecule has 0 saturated carbocycles. The molecule has 0 bridgehead atoms. The molecule has 0 spiro atoms. The third kappa shape index (κ3) is 4.34. The van der Waals surface area contributed by atoms with Gasteiger partial charge in [0.2, 0.25) is 0 Å². The van der Waals surface area contributed by atoms with Gasteiger partial charge in [-0.3, -0.25) is 4.90 Å². The minimum atomic E-state index is -0.274. The van der Waals surface area contributed by atoms with Crippen LogP contribution in [0.15, 0.2) is 36.4 Å². The second kappa shape index (κ2) is 9.06. The Hall–Kier alpha value is -2.31. The molecule has 3 rings (SSSR count). The van der Waals surface area contributed by atoms with Gasteiger partial charge in [-0.15, -0.1) is 0 Å². The van der Waals surface area contributed by atoms with Crippen molar-refractivity contribution in [3.8, 4) is 17.2 Å². The zero-order chi connectivity index (χ0) is 19.2. The molecule has 0 aromatic heterocycles. The summed E-state index contributed by atoms with van der Waals surface area (Å²) < 4.78 is 30.6. The Kier molecular flexibility index (Phi) is 6.53. The smallest absolute Gasteiger partial charge is 0.161 e. The molecule has 2 aromatic carbocycles. The SMILES string of the molecule is COc1ccc(C(c2cc(F)ccc2OC)N2CCCNCC2)cc1OC. The summed E-state index contributed by atoms with van der Waals surface area (Å²) in [6.45, 7) is 3.64. The van der Waals surface area contributed by atoms with Crippen LogP contribution in [-0.4, -0.2) is 52.4 Å². The van der Waals surface area contributed by atoms with E-state index >= 15 is 0 Å². The third-order valence-corrected chi connectivity index (χ3v) is 4.95. The highest BCUT2D eigenvalue weighted by molar-refractivity contribution is 5.48. The number of methoxy groups -OCH3 is 3. The van der Waals surface area contributed by atoms with Crippen molar-refractivity contribution in [1.82, 2.24) is 10.2 Å². The van der Waals surface area contributed by atoms with E-state index < -0.39 is 0 Å². The Morgan fingerprint density at radius 2 is 1.63 bits per heavy atom. The van der Waals surface area contributed by atoms with Gasteiger partial charge in [0.05, 0.1) is 27.4 Å². The van der Waals surface area contributed by atoms with Crippen molar-refractivity contribution in [2.24, 2.45) is 0 Å². The molecular formula is C21H27FN2O3. The molecule has 1 aliphatic heterocycles. The minimum Gasteiger partial charge on any atom is -0.496 e. The maximum Gasteiger partial charge on any atom is 0.161 e. The number of hydrogen-bond acceptors (Lipinski definition) is 5.